The topological polar surface area (TPSA) is 0 Å². The molecule has 2 fully saturated rings. The van der Waals surface area contributed by atoms with E-state index in [0.717, 1.165) is 23.7 Å². The Hall–Kier alpha value is -0.520. The van der Waals surface area contributed by atoms with Crippen molar-refractivity contribution in [2.75, 3.05) is 0 Å². The normalized spacial score (nSPS) is 36.4. The first kappa shape index (κ1) is 19.2. The van der Waals surface area contributed by atoms with Gasteiger partial charge in [-0.3, -0.25) is 0 Å². The van der Waals surface area contributed by atoms with E-state index in [2.05, 4.69) is 38.2 Å². The Balaban J connectivity index is 1.72. The van der Waals surface area contributed by atoms with Crippen LogP contribution < -0.4 is 0 Å². The van der Waals surface area contributed by atoms with Crippen molar-refractivity contribution in [3.63, 3.8) is 0 Å². The third-order valence-electron chi connectivity index (χ3n) is 7.90. The SMILES string of the molecule is CCCCCCC1CCCC2C3C=CC=CC3CC12CCCCCC. The van der Waals surface area contributed by atoms with Crippen molar-refractivity contribution < 1.29 is 0 Å². The summed E-state index contributed by atoms with van der Waals surface area (Å²) in [5.41, 5.74) is 0.687. The molecule has 0 bridgehead atoms. The van der Waals surface area contributed by atoms with Gasteiger partial charge in [-0.25, -0.2) is 0 Å². The van der Waals surface area contributed by atoms with Gasteiger partial charge in [0.15, 0.2) is 0 Å². The van der Waals surface area contributed by atoms with Crippen molar-refractivity contribution >= 4 is 0 Å². The Morgan fingerprint density at radius 3 is 2.40 bits per heavy atom. The highest BCUT2D eigenvalue weighted by Crippen LogP contribution is 2.64. The first-order valence-corrected chi connectivity index (χ1v) is 11.7. The van der Waals surface area contributed by atoms with Gasteiger partial charge >= 0.3 is 0 Å². The van der Waals surface area contributed by atoms with Gasteiger partial charge in [0.2, 0.25) is 0 Å². The Bertz CT molecular complexity index is 445. The molecule has 0 spiro atoms. The van der Waals surface area contributed by atoms with Crippen LogP contribution >= 0.6 is 0 Å². The fourth-order valence-corrected chi connectivity index (χ4v) is 6.72. The van der Waals surface area contributed by atoms with Crippen LogP contribution in [0.15, 0.2) is 24.3 Å². The number of unbranched alkanes of at least 4 members (excludes halogenated alkanes) is 6. The van der Waals surface area contributed by atoms with Gasteiger partial charge < -0.3 is 0 Å². The van der Waals surface area contributed by atoms with Crippen LogP contribution in [0.25, 0.3) is 0 Å². The van der Waals surface area contributed by atoms with Crippen molar-refractivity contribution in [1.82, 2.24) is 0 Å². The van der Waals surface area contributed by atoms with E-state index in [-0.39, 0.29) is 0 Å². The highest BCUT2D eigenvalue weighted by molar-refractivity contribution is 5.22. The van der Waals surface area contributed by atoms with Crippen LogP contribution in [-0.4, -0.2) is 0 Å². The minimum absolute atomic E-state index is 0.687. The van der Waals surface area contributed by atoms with Crippen LogP contribution in [0.5, 0.6) is 0 Å². The maximum Gasteiger partial charge on any atom is -0.0133 e. The smallest absolute Gasteiger partial charge is 0.0133 e. The summed E-state index contributed by atoms with van der Waals surface area (Å²) in [6.07, 6.45) is 30.5. The molecular formula is C25H42. The summed E-state index contributed by atoms with van der Waals surface area (Å²) in [7, 11) is 0. The number of rotatable bonds is 10. The van der Waals surface area contributed by atoms with Gasteiger partial charge in [0, 0.05) is 0 Å². The average molecular weight is 343 g/mol. The molecule has 0 aromatic carbocycles. The summed E-state index contributed by atoms with van der Waals surface area (Å²) in [6.45, 7) is 4.68. The van der Waals surface area contributed by atoms with Crippen molar-refractivity contribution in [3.05, 3.63) is 24.3 Å². The number of hydrogen-bond acceptors (Lipinski definition) is 0. The minimum atomic E-state index is 0.687. The van der Waals surface area contributed by atoms with Crippen LogP contribution in [0.3, 0.4) is 0 Å². The zero-order valence-electron chi connectivity index (χ0n) is 17.0. The van der Waals surface area contributed by atoms with E-state index in [1.54, 1.807) is 0 Å². The van der Waals surface area contributed by atoms with Gasteiger partial charge in [-0.1, -0.05) is 95.9 Å². The van der Waals surface area contributed by atoms with Crippen LogP contribution in [0, 0.1) is 29.1 Å². The molecule has 0 aromatic rings. The Morgan fingerprint density at radius 1 is 0.840 bits per heavy atom. The summed E-state index contributed by atoms with van der Waals surface area (Å²) in [5, 5.41) is 0. The molecule has 3 aliphatic rings. The first-order valence-electron chi connectivity index (χ1n) is 11.7. The predicted molar refractivity (Wildman–Crippen MR) is 111 cm³/mol. The maximum atomic E-state index is 2.59. The number of allylic oxidation sites excluding steroid dienone is 4. The molecule has 0 N–H and O–H groups in total. The molecule has 0 saturated heterocycles. The van der Waals surface area contributed by atoms with Gasteiger partial charge in [-0.05, 0) is 61.2 Å². The monoisotopic (exact) mass is 342 g/mol. The highest BCUT2D eigenvalue weighted by atomic mass is 14.6. The van der Waals surface area contributed by atoms with Crippen LogP contribution in [0.1, 0.15) is 104 Å². The van der Waals surface area contributed by atoms with Crippen LogP contribution in [0.2, 0.25) is 0 Å². The summed E-state index contributed by atoms with van der Waals surface area (Å²) in [6, 6.07) is 0. The fraction of sp³-hybridized carbons (Fsp3) is 0.840. The molecule has 0 nitrogen and oxygen atoms in total. The number of hydrogen-bond donors (Lipinski definition) is 0. The molecule has 0 amide bonds. The molecule has 0 radical (unpaired) electrons. The largest absolute Gasteiger partial charge is 0.0808 e. The van der Waals surface area contributed by atoms with Gasteiger partial charge in [0.1, 0.15) is 0 Å². The zero-order valence-corrected chi connectivity index (χ0v) is 17.0. The molecule has 3 rings (SSSR count). The fourth-order valence-electron chi connectivity index (χ4n) is 6.72. The maximum absolute atomic E-state index is 2.59. The lowest BCUT2D eigenvalue weighted by molar-refractivity contribution is 0.0202. The lowest BCUT2D eigenvalue weighted by atomic mass is 9.57. The molecule has 5 atom stereocenters. The van der Waals surface area contributed by atoms with Crippen LogP contribution in [-0.2, 0) is 0 Å². The quantitative estimate of drug-likeness (QED) is 0.352. The molecule has 0 aromatic heterocycles. The first-order chi connectivity index (χ1) is 12.3. The Kier molecular flexibility index (Phi) is 7.26. The van der Waals surface area contributed by atoms with Crippen molar-refractivity contribution in [3.8, 4) is 0 Å². The lowest BCUT2D eigenvalue weighted by Crippen LogP contribution is -2.39. The van der Waals surface area contributed by atoms with E-state index in [4.69, 9.17) is 0 Å². The van der Waals surface area contributed by atoms with E-state index in [1.807, 2.05) is 0 Å². The van der Waals surface area contributed by atoms with E-state index < -0.39 is 0 Å². The third kappa shape index (κ3) is 4.25. The predicted octanol–water partition coefficient (Wildman–Crippen LogP) is 8.09. The molecule has 142 valence electrons. The Morgan fingerprint density at radius 2 is 1.60 bits per heavy atom. The second-order valence-corrected chi connectivity index (χ2v) is 9.34. The van der Waals surface area contributed by atoms with E-state index in [0.29, 0.717) is 5.41 Å². The second-order valence-electron chi connectivity index (χ2n) is 9.34. The highest BCUT2D eigenvalue weighted by Gasteiger charge is 2.55. The average Bonchev–Trinajstić information content (AvgIpc) is 2.98. The van der Waals surface area contributed by atoms with Crippen LogP contribution in [0.4, 0.5) is 0 Å². The molecule has 0 heterocycles. The van der Waals surface area contributed by atoms with E-state index in [9.17, 15) is 0 Å². The molecule has 5 unspecified atom stereocenters. The summed E-state index contributed by atoms with van der Waals surface area (Å²) in [4.78, 5) is 0. The second kappa shape index (κ2) is 9.43. The summed E-state index contributed by atoms with van der Waals surface area (Å²) < 4.78 is 0. The van der Waals surface area contributed by atoms with Gasteiger partial charge in [0.05, 0.1) is 0 Å². The van der Waals surface area contributed by atoms with Crippen molar-refractivity contribution in [1.29, 1.82) is 0 Å². The number of fused-ring (bicyclic) bond motifs is 3. The van der Waals surface area contributed by atoms with E-state index >= 15 is 0 Å². The molecule has 2 saturated carbocycles. The molecule has 0 heteroatoms. The Labute approximate surface area is 157 Å². The summed E-state index contributed by atoms with van der Waals surface area (Å²) >= 11 is 0. The van der Waals surface area contributed by atoms with E-state index in [1.165, 1.54) is 89.9 Å². The molecular weight excluding hydrogens is 300 g/mol. The van der Waals surface area contributed by atoms with Gasteiger partial charge in [0.25, 0.3) is 0 Å². The summed E-state index contributed by atoms with van der Waals surface area (Å²) in [5.74, 6) is 3.74. The van der Waals surface area contributed by atoms with Gasteiger partial charge in [-0.15, -0.1) is 0 Å². The van der Waals surface area contributed by atoms with Crippen molar-refractivity contribution in [2.24, 2.45) is 29.1 Å². The van der Waals surface area contributed by atoms with Crippen molar-refractivity contribution in [2.45, 2.75) is 104 Å². The molecule has 3 aliphatic carbocycles. The third-order valence-corrected chi connectivity index (χ3v) is 7.90. The molecule has 0 aliphatic heterocycles. The van der Waals surface area contributed by atoms with Gasteiger partial charge in [-0.2, -0.15) is 0 Å². The lowest BCUT2D eigenvalue weighted by Gasteiger charge is -2.48. The molecule has 25 heavy (non-hydrogen) atoms. The minimum Gasteiger partial charge on any atom is -0.0808 e. The standard InChI is InChI=1S/C25H42/c1-3-5-7-9-15-22-16-13-18-24-23-17-11-10-14-21(23)20-25(22,24)19-12-8-6-4-2/h10-11,14,17,21-24H,3-9,12-13,15-16,18-20H2,1-2H3. The zero-order chi connectivity index (χ0) is 17.5.